The number of hydrogen-bond acceptors (Lipinski definition) is 8. The molecule has 1 fully saturated rings. The molecule has 0 saturated carbocycles. The van der Waals surface area contributed by atoms with Crippen molar-refractivity contribution in [3.05, 3.63) is 76.9 Å². The SMILES string of the molecule is COc1ccc(C2/C(=C(\O)c3cc(C)ccc3OC)C(=O)C(=O)N2c2ccc3c(c2)OCO3)cc1OC. The second kappa shape index (κ2) is 9.42. The van der Waals surface area contributed by atoms with Crippen molar-refractivity contribution in [2.45, 2.75) is 13.0 Å². The number of nitrogens with zero attached hydrogens (tertiary/aromatic N) is 1. The maximum atomic E-state index is 13.5. The first-order valence-electron chi connectivity index (χ1n) is 11.5. The second-order valence-corrected chi connectivity index (χ2v) is 8.52. The molecule has 3 aromatic carbocycles. The summed E-state index contributed by atoms with van der Waals surface area (Å²) in [4.78, 5) is 28.4. The van der Waals surface area contributed by atoms with Crippen molar-refractivity contribution in [2.24, 2.45) is 0 Å². The Morgan fingerprint density at radius 3 is 2.30 bits per heavy atom. The van der Waals surface area contributed by atoms with Crippen molar-refractivity contribution in [3.63, 3.8) is 0 Å². The van der Waals surface area contributed by atoms with E-state index in [9.17, 15) is 14.7 Å². The standard InChI is InChI=1S/C28H25NO8/c1-15-5-8-19(33-2)18(11-15)26(30)24-25(16-6-9-20(34-3)22(12-16)35-4)29(28(32)27(24)31)17-7-10-21-23(13-17)37-14-36-21/h5-13,25,30H,14H2,1-4H3/b26-24+. The third-order valence-electron chi connectivity index (χ3n) is 6.41. The highest BCUT2D eigenvalue weighted by Gasteiger charge is 2.47. The van der Waals surface area contributed by atoms with E-state index < -0.39 is 17.7 Å². The van der Waals surface area contributed by atoms with E-state index in [0.717, 1.165) is 5.56 Å². The molecule has 5 rings (SSSR count). The molecule has 2 aliphatic rings. The number of anilines is 1. The first-order valence-corrected chi connectivity index (χ1v) is 11.5. The summed E-state index contributed by atoms with van der Waals surface area (Å²) in [7, 11) is 4.48. The Balaban J connectivity index is 1.76. The van der Waals surface area contributed by atoms with Crippen molar-refractivity contribution in [1.29, 1.82) is 0 Å². The monoisotopic (exact) mass is 503 g/mol. The van der Waals surface area contributed by atoms with Crippen LogP contribution < -0.4 is 28.6 Å². The van der Waals surface area contributed by atoms with E-state index >= 15 is 0 Å². The molecule has 2 heterocycles. The zero-order valence-corrected chi connectivity index (χ0v) is 20.7. The molecule has 0 radical (unpaired) electrons. The summed E-state index contributed by atoms with van der Waals surface area (Å²) >= 11 is 0. The van der Waals surface area contributed by atoms with Crippen molar-refractivity contribution in [3.8, 4) is 28.7 Å². The van der Waals surface area contributed by atoms with Gasteiger partial charge in [-0.2, -0.15) is 0 Å². The van der Waals surface area contributed by atoms with Crippen LogP contribution in [0, 0.1) is 6.92 Å². The molecule has 190 valence electrons. The van der Waals surface area contributed by atoms with Gasteiger partial charge < -0.3 is 28.8 Å². The lowest BCUT2D eigenvalue weighted by molar-refractivity contribution is -0.132. The number of aryl methyl sites for hydroxylation is 1. The highest BCUT2D eigenvalue weighted by molar-refractivity contribution is 6.51. The molecule has 0 aromatic heterocycles. The molecular formula is C28H25NO8. The van der Waals surface area contributed by atoms with E-state index in [-0.39, 0.29) is 18.1 Å². The van der Waals surface area contributed by atoms with Crippen LogP contribution in [-0.4, -0.2) is 44.9 Å². The molecule has 1 N–H and O–H groups in total. The number of ether oxygens (including phenoxy) is 5. The van der Waals surface area contributed by atoms with Crippen LogP contribution in [0.2, 0.25) is 0 Å². The Morgan fingerprint density at radius 2 is 1.57 bits per heavy atom. The molecule has 0 aliphatic carbocycles. The van der Waals surface area contributed by atoms with Gasteiger partial charge in [0.1, 0.15) is 11.5 Å². The lowest BCUT2D eigenvalue weighted by Crippen LogP contribution is -2.29. The van der Waals surface area contributed by atoms with E-state index in [1.807, 2.05) is 13.0 Å². The molecule has 1 atom stereocenters. The largest absolute Gasteiger partial charge is 0.507 e. The number of aliphatic hydroxyl groups is 1. The van der Waals surface area contributed by atoms with Gasteiger partial charge in [0, 0.05) is 11.8 Å². The number of benzene rings is 3. The van der Waals surface area contributed by atoms with Gasteiger partial charge in [0.15, 0.2) is 23.0 Å². The highest BCUT2D eigenvalue weighted by atomic mass is 16.7. The molecule has 2 aliphatic heterocycles. The average molecular weight is 504 g/mol. The number of carbonyl (C=O) groups excluding carboxylic acids is 2. The van der Waals surface area contributed by atoms with Gasteiger partial charge in [0.2, 0.25) is 6.79 Å². The minimum atomic E-state index is -0.981. The van der Waals surface area contributed by atoms with Gasteiger partial charge in [-0.1, -0.05) is 17.7 Å². The number of methoxy groups -OCH3 is 3. The number of carbonyl (C=O) groups is 2. The highest BCUT2D eigenvalue weighted by Crippen LogP contribution is 2.46. The second-order valence-electron chi connectivity index (χ2n) is 8.52. The normalized spacial score (nSPS) is 17.7. The number of Topliss-reactive ketones (excluding diaryl/α,β-unsaturated/α-hetero) is 1. The molecule has 3 aromatic rings. The summed E-state index contributed by atoms with van der Waals surface area (Å²) in [6, 6.07) is 14.3. The first-order chi connectivity index (χ1) is 17.9. The molecule has 1 amide bonds. The summed E-state index contributed by atoms with van der Waals surface area (Å²) in [5.74, 6) is 0.255. The molecule has 0 bridgehead atoms. The van der Waals surface area contributed by atoms with Crippen molar-refractivity contribution >= 4 is 23.1 Å². The lowest BCUT2D eigenvalue weighted by Gasteiger charge is -2.26. The van der Waals surface area contributed by atoms with Gasteiger partial charge >= 0.3 is 0 Å². The fourth-order valence-electron chi connectivity index (χ4n) is 4.62. The van der Waals surface area contributed by atoms with Gasteiger partial charge in [-0.15, -0.1) is 0 Å². The number of hydrogen-bond donors (Lipinski definition) is 1. The Bertz CT molecular complexity index is 1440. The van der Waals surface area contributed by atoms with E-state index in [0.29, 0.717) is 45.6 Å². The van der Waals surface area contributed by atoms with Crippen molar-refractivity contribution in [1.82, 2.24) is 0 Å². The Morgan fingerprint density at radius 1 is 0.865 bits per heavy atom. The topological polar surface area (TPSA) is 104 Å². The van der Waals surface area contributed by atoms with Crippen LogP contribution in [0.15, 0.2) is 60.2 Å². The third-order valence-corrected chi connectivity index (χ3v) is 6.41. The fraction of sp³-hybridized carbons (Fsp3) is 0.214. The Hall–Kier alpha value is -4.66. The summed E-state index contributed by atoms with van der Waals surface area (Å²) in [5, 5.41) is 11.5. The molecule has 9 heteroatoms. The molecule has 1 unspecified atom stereocenters. The predicted molar refractivity (Wildman–Crippen MR) is 135 cm³/mol. The average Bonchev–Trinajstić information content (AvgIpc) is 3.49. The summed E-state index contributed by atoms with van der Waals surface area (Å²) in [5.41, 5.74) is 1.99. The van der Waals surface area contributed by atoms with Gasteiger partial charge in [-0.3, -0.25) is 14.5 Å². The quantitative estimate of drug-likeness (QED) is 0.300. The zero-order chi connectivity index (χ0) is 26.3. The van der Waals surface area contributed by atoms with E-state index in [2.05, 4.69) is 0 Å². The van der Waals surface area contributed by atoms with Crippen LogP contribution in [0.5, 0.6) is 28.7 Å². The number of aliphatic hydroxyl groups excluding tert-OH is 1. The van der Waals surface area contributed by atoms with Gasteiger partial charge in [0.05, 0.1) is 38.5 Å². The number of amides is 1. The van der Waals surface area contributed by atoms with E-state index in [1.165, 1.54) is 26.2 Å². The van der Waals surface area contributed by atoms with Crippen LogP contribution in [0.1, 0.15) is 22.7 Å². The fourth-order valence-corrected chi connectivity index (χ4v) is 4.62. The predicted octanol–water partition coefficient (Wildman–Crippen LogP) is 4.38. The number of fused-ring (bicyclic) bond motifs is 1. The first kappa shape index (κ1) is 24.1. The summed E-state index contributed by atoms with van der Waals surface area (Å²) in [6.45, 7) is 1.91. The molecule has 9 nitrogen and oxygen atoms in total. The molecule has 37 heavy (non-hydrogen) atoms. The maximum absolute atomic E-state index is 13.5. The van der Waals surface area contributed by atoms with Gasteiger partial charge in [0.25, 0.3) is 11.7 Å². The van der Waals surface area contributed by atoms with Crippen LogP contribution >= 0.6 is 0 Å². The molecular weight excluding hydrogens is 478 g/mol. The van der Waals surface area contributed by atoms with E-state index in [4.69, 9.17) is 23.7 Å². The zero-order valence-electron chi connectivity index (χ0n) is 20.7. The molecule has 1 saturated heterocycles. The summed E-state index contributed by atoms with van der Waals surface area (Å²) < 4.78 is 27.2. The van der Waals surface area contributed by atoms with Crippen molar-refractivity contribution in [2.75, 3.05) is 33.0 Å². The summed E-state index contributed by atoms with van der Waals surface area (Å²) in [6.07, 6.45) is 0. The van der Waals surface area contributed by atoms with Crippen LogP contribution in [0.3, 0.4) is 0 Å². The third kappa shape index (κ3) is 3.98. The smallest absolute Gasteiger partial charge is 0.300 e. The van der Waals surface area contributed by atoms with Crippen LogP contribution in [-0.2, 0) is 9.59 Å². The number of ketones is 1. The van der Waals surface area contributed by atoms with E-state index in [1.54, 1.807) is 48.5 Å². The number of rotatable bonds is 6. The van der Waals surface area contributed by atoms with Crippen LogP contribution in [0.4, 0.5) is 5.69 Å². The minimum absolute atomic E-state index is 0.0594. The molecule has 0 spiro atoms. The van der Waals surface area contributed by atoms with Gasteiger partial charge in [-0.05, 0) is 48.9 Å². The Labute approximate surface area is 213 Å². The maximum Gasteiger partial charge on any atom is 0.300 e. The van der Waals surface area contributed by atoms with Gasteiger partial charge in [-0.25, -0.2) is 0 Å². The minimum Gasteiger partial charge on any atom is -0.507 e. The van der Waals surface area contributed by atoms with Crippen LogP contribution in [0.25, 0.3) is 5.76 Å². The van der Waals surface area contributed by atoms with Crippen molar-refractivity contribution < 1.29 is 38.4 Å². The Kier molecular flexibility index (Phi) is 6.12. The lowest BCUT2D eigenvalue weighted by atomic mass is 9.94.